The van der Waals surface area contributed by atoms with Gasteiger partial charge in [0.05, 0.1) is 5.69 Å². The number of nitrogens with zero attached hydrogens (tertiary/aromatic N) is 3. The zero-order valence-corrected chi connectivity index (χ0v) is 13.2. The Labute approximate surface area is 135 Å². The third kappa shape index (κ3) is 2.61. The molecule has 23 heavy (non-hydrogen) atoms. The number of piperidine rings is 1. The number of fused-ring (bicyclic) bond motifs is 3. The van der Waals surface area contributed by atoms with Crippen LogP contribution in [-0.4, -0.2) is 46.7 Å². The van der Waals surface area contributed by atoms with Gasteiger partial charge in [0.1, 0.15) is 5.69 Å². The molecule has 6 heteroatoms. The fraction of sp³-hybridized carbons (Fsp3) is 0.588. The van der Waals surface area contributed by atoms with Gasteiger partial charge in [-0.1, -0.05) is 0 Å². The predicted molar refractivity (Wildman–Crippen MR) is 87.9 cm³/mol. The summed E-state index contributed by atoms with van der Waals surface area (Å²) < 4.78 is 1.75. The van der Waals surface area contributed by atoms with Gasteiger partial charge in [0.2, 0.25) is 0 Å². The van der Waals surface area contributed by atoms with E-state index in [1.54, 1.807) is 4.68 Å². The molecule has 2 unspecified atom stereocenters. The normalized spacial score (nSPS) is 26.3. The van der Waals surface area contributed by atoms with Crippen molar-refractivity contribution in [1.82, 2.24) is 15.1 Å². The van der Waals surface area contributed by atoms with Gasteiger partial charge in [0.25, 0.3) is 0 Å². The Morgan fingerprint density at radius 2 is 2.35 bits per heavy atom. The molecule has 122 valence electrons. The van der Waals surface area contributed by atoms with E-state index in [2.05, 4.69) is 10.3 Å². The lowest BCUT2D eigenvalue weighted by Gasteiger charge is -2.25. The molecule has 6 nitrogen and oxygen atoms in total. The zero-order valence-electron chi connectivity index (χ0n) is 13.2. The van der Waals surface area contributed by atoms with Crippen LogP contribution in [0.1, 0.15) is 41.0 Å². The first-order valence-electron chi connectivity index (χ1n) is 8.48. The van der Waals surface area contributed by atoms with Crippen LogP contribution in [0.5, 0.6) is 0 Å². The molecule has 1 saturated heterocycles. The molecule has 0 bridgehead atoms. The van der Waals surface area contributed by atoms with Gasteiger partial charge >= 0.3 is 5.97 Å². The fourth-order valence-corrected chi connectivity index (χ4v) is 4.06. The Kier molecular flexibility index (Phi) is 3.77. The maximum Gasteiger partial charge on any atom is 0.354 e. The minimum absolute atomic E-state index is 0.396. The SMILES string of the molecule is O=C(O)c1c2c(nn1CC1CCCNC1)C1=CC=NCC1CC2. The van der Waals surface area contributed by atoms with Crippen molar-refractivity contribution in [1.29, 1.82) is 0 Å². The smallest absolute Gasteiger partial charge is 0.354 e. The molecule has 4 rings (SSSR count). The summed E-state index contributed by atoms with van der Waals surface area (Å²) in [5.41, 5.74) is 3.38. The first-order valence-corrected chi connectivity index (χ1v) is 8.48. The third-order valence-electron chi connectivity index (χ3n) is 5.22. The number of aliphatic imine (C=N–C) groups is 1. The topological polar surface area (TPSA) is 79.5 Å². The number of hydrogen-bond acceptors (Lipinski definition) is 4. The second-order valence-electron chi connectivity index (χ2n) is 6.75. The summed E-state index contributed by atoms with van der Waals surface area (Å²) in [5.74, 6) is 0.000727. The van der Waals surface area contributed by atoms with Gasteiger partial charge in [0, 0.05) is 30.8 Å². The number of hydrogen-bond donors (Lipinski definition) is 2. The largest absolute Gasteiger partial charge is 0.477 e. The van der Waals surface area contributed by atoms with Gasteiger partial charge in [-0.25, -0.2) is 4.79 Å². The number of aromatic nitrogens is 2. The number of rotatable bonds is 3. The average molecular weight is 314 g/mol. The van der Waals surface area contributed by atoms with E-state index in [0.717, 1.165) is 56.6 Å². The molecule has 1 aromatic rings. The van der Waals surface area contributed by atoms with Crippen molar-refractivity contribution in [3.8, 4) is 0 Å². The van der Waals surface area contributed by atoms with Crippen LogP contribution in [0.2, 0.25) is 0 Å². The van der Waals surface area contributed by atoms with Gasteiger partial charge in [-0.2, -0.15) is 5.10 Å². The van der Waals surface area contributed by atoms with Gasteiger partial charge in [-0.3, -0.25) is 9.67 Å². The van der Waals surface area contributed by atoms with Crippen LogP contribution in [0.4, 0.5) is 0 Å². The van der Waals surface area contributed by atoms with Crippen LogP contribution in [0.15, 0.2) is 11.1 Å². The number of carboxylic acids is 1. The molecule has 0 radical (unpaired) electrons. The van der Waals surface area contributed by atoms with Crippen LogP contribution >= 0.6 is 0 Å². The first kappa shape index (κ1) is 14.6. The van der Waals surface area contributed by atoms with Crippen molar-refractivity contribution in [2.45, 2.75) is 32.2 Å². The first-order chi connectivity index (χ1) is 11.2. The molecule has 1 fully saturated rings. The number of nitrogens with one attached hydrogen (secondary N) is 1. The molecule has 1 aromatic heterocycles. The molecule has 3 aliphatic rings. The number of carboxylic acid groups (broad SMARTS) is 1. The van der Waals surface area contributed by atoms with E-state index in [0.29, 0.717) is 24.1 Å². The lowest BCUT2D eigenvalue weighted by molar-refractivity contribution is 0.0680. The number of dihydropyridines is 1. The molecule has 3 heterocycles. The highest BCUT2D eigenvalue weighted by atomic mass is 16.4. The molecular formula is C17H22N4O2. The second-order valence-corrected chi connectivity index (χ2v) is 6.75. The molecular weight excluding hydrogens is 292 g/mol. The summed E-state index contributed by atoms with van der Waals surface area (Å²) in [6.45, 7) is 3.49. The summed E-state index contributed by atoms with van der Waals surface area (Å²) in [6, 6.07) is 0. The third-order valence-corrected chi connectivity index (χ3v) is 5.22. The maximum atomic E-state index is 11.8. The Morgan fingerprint density at radius 1 is 1.43 bits per heavy atom. The minimum Gasteiger partial charge on any atom is -0.477 e. The highest BCUT2D eigenvalue weighted by Gasteiger charge is 2.33. The predicted octanol–water partition coefficient (Wildman–Crippen LogP) is 1.61. The van der Waals surface area contributed by atoms with Crippen LogP contribution in [0.25, 0.3) is 5.57 Å². The van der Waals surface area contributed by atoms with E-state index < -0.39 is 5.97 Å². The molecule has 0 spiro atoms. The van der Waals surface area contributed by atoms with Crippen molar-refractivity contribution < 1.29 is 9.90 Å². The van der Waals surface area contributed by atoms with Crippen LogP contribution < -0.4 is 5.32 Å². The molecule has 0 aromatic carbocycles. The number of carbonyl (C=O) groups is 1. The van der Waals surface area contributed by atoms with E-state index in [9.17, 15) is 9.90 Å². The van der Waals surface area contributed by atoms with E-state index >= 15 is 0 Å². The average Bonchev–Trinajstić information content (AvgIpc) is 2.94. The summed E-state index contributed by atoms with van der Waals surface area (Å²) in [5, 5.41) is 17.8. The van der Waals surface area contributed by atoms with Crippen LogP contribution in [0, 0.1) is 11.8 Å². The lowest BCUT2D eigenvalue weighted by Crippen LogP contribution is -2.33. The highest BCUT2D eigenvalue weighted by Crippen LogP contribution is 2.37. The lowest BCUT2D eigenvalue weighted by atomic mass is 9.81. The fourth-order valence-electron chi connectivity index (χ4n) is 4.06. The highest BCUT2D eigenvalue weighted by molar-refractivity contribution is 5.93. The van der Waals surface area contributed by atoms with Crippen molar-refractivity contribution >= 4 is 17.8 Å². The number of allylic oxidation sites excluding steroid dienone is 1. The van der Waals surface area contributed by atoms with Gasteiger partial charge in [-0.15, -0.1) is 0 Å². The van der Waals surface area contributed by atoms with E-state index in [1.807, 2.05) is 12.3 Å². The van der Waals surface area contributed by atoms with E-state index in [1.165, 1.54) is 5.57 Å². The zero-order chi connectivity index (χ0) is 15.8. The molecule has 2 aliphatic heterocycles. The quantitative estimate of drug-likeness (QED) is 0.888. The van der Waals surface area contributed by atoms with Crippen molar-refractivity contribution in [2.75, 3.05) is 19.6 Å². The second kappa shape index (κ2) is 5.92. The Bertz CT molecular complexity index is 683. The van der Waals surface area contributed by atoms with E-state index in [-0.39, 0.29) is 0 Å². The monoisotopic (exact) mass is 314 g/mol. The summed E-state index contributed by atoms with van der Waals surface area (Å²) in [4.78, 5) is 16.2. The van der Waals surface area contributed by atoms with Crippen molar-refractivity contribution in [2.24, 2.45) is 16.8 Å². The Morgan fingerprint density at radius 3 is 3.13 bits per heavy atom. The minimum atomic E-state index is -0.856. The standard InChI is InChI=1S/C17H22N4O2/c22-17(23)16-14-4-3-12-9-19-7-5-13(12)15(14)20-21(16)10-11-2-1-6-18-8-11/h5,7,11-12,18H,1-4,6,8-10H2,(H,22,23). The Hall–Kier alpha value is -1.95. The van der Waals surface area contributed by atoms with Crippen molar-refractivity contribution in [3.05, 3.63) is 23.0 Å². The summed E-state index contributed by atoms with van der Waals surface area (Å²) in [6.07, 6.45) is 7.87. The molecule has 0 amide bonds. The number of aromatic carboxylic acids is 1. The molecule has 2 N–H and O–H groups in total. The van der Waals surface area contributed by atoms with Crippen LogP contribution in [0.3, 0.4) is 0 Å². The van der Waals surface area contributed by atoms with Gasteiger partial charge in [0.15, 0.2) is 0 Å². The molecule has 1 aliphatic carbocycles. The van der Waals surface area contributed by atoms with Gasteiger partial charge in [-0.05, 0) is 56.3 Å². The summed E-state index contributed by atoms with van der Waals surface area (Å²) in [7, 11) is 0. The maximum absolute atomic E-state index is 11.8. The van der Waals surface area contributed by atoms with Crippen LogP contribution in [-0.2, 0) is 13.0 Å². The summed E-state index contributed by atoms with van der Waals surface area (Å²) >= 11 is 0. The van der Waals surface area contributed by atoms with Gasteiger partial charge < -0.3 is 10.4 Å². The van der Waals surface area contributed by atoms with Crippen molar-refractivity contribution in [3.63, 3.8) is 0 Å². The molecule has 2 atom stereocenters. The Balaban J connectivity index is 1.72. The van der Waals surface area contributed by atoms with E-state index in [4.69, 9.17) is 5.10 Å². The molecule has 0 saturated carbocycles.